The number of rotatable bonds is 1. The highest BCUT2D eigenvalue weighted by molar-refractivity contribution is 7.10. The van der Waals surface area contributed by atoms with Gasteiger partial charge in [0, 0.05) is 10.8 Å². The standard InChI is InChI=1S/C10H14OS/c11-9-5-2-1-4-8(9)10-6-3-7-12-10/h3,6-9,11H,1-2,4-5H2/t8-,9+/m0/s1. The molecule has 0 amide bonds. The Morgan fingerprint density at radius 1 is 1.33 bits per heavy atom. The highest BCUT2D eigenvalue weighted by Crippen LogP contribution is 2.35. The van der Waals surface area contributed by atoms with Crippen molar-refractivity contribution in [2.24, 2.45) is 0 Å². The SMILES string of the molecule is O[C@@H]1CCCC[C@@H]1c1cccs1. The van der Waals surface area contributed by atoms with E-state index >= 15 is 0 Å². The van der Waals surface area contributed by atoms with E-state index in [0.29, 0.717) is 5.92 Å². The molecular formula is C10H14OS. The van der Waals surface area contributed by atoms with Gasteiger partial charge in [-0.15, -0.1) is 11.3 Å². The van der Waals surface area contributed by atoms with Crippen LogP contribution >= 0.6 is 11.3 Å². The van der Waals surface area contributed by atoms with E-state index in [1.165, 1.54) is 24.1 Å². The predicted octanol–water partition coefficient (Wildman–Crippen LogP) is 2.77. The van der Waals surface area contributed by atoms with Crippen LogP contribution in [-0.4, -0.2) is 11.2 Å². The molecule has 66 valence electrons. The second-order valence-corrected chi connectivity index (χ2v) is 4.45. The quantitative estimate of drug-likeness (QED) is 0.708. The number of aliphatic hydroxyl groups excluding tert-OH is 1. The fourth-order valence-corrected chi connectivity index (χ4v) is 2.87. The summed E-state index contributed by atoms with van der Waals surface area (Å²) < 4.78 is 0. The first-order valence-corrected chi connectivity index (χ1v) is 5.47. The third-order valence-electron chi connectivity index (χ3n) is 2.64. The molecule has 1 aromatic rings. The Morgan fingerprint density at radius 2 is 2.17 bits per heavy atom. The van der Waals surface area contributed by atoms with Gasteiger partial charge in [0.2, 0.25) is 0 Å². The van der Waals surface area contributed by atoms with Gasteiger partial charge in [-0.3, -0.25) is 0 Å². The zero-order valence-corrected chi connectivity index (χ0v) is 7.89. The molecule has 0 saturated heterocycles. The van der Waals surface area contributed by atoms with Gasteiger partial charge in [-0.25, -0.2) is 0 Å². The Bertz CT molecular complexity index is 230. The van der Waals surface area contributed by atoms with Crippen molar-refractivity contribution in [1.29, 1.82) is 0 Å². The van der Waals surface area contributed by atoms with E-state index in [1.807, 2.05) is 0 Å². The normalized spacial score (nSPS) is 30.4. The summed E-state index contributed by atoms with van der Waals surface area (Å²) in [7, 11) is 0. The van der Waals surface area contributed by atoms with Crippen molar-refractivity contribution >= 4 is 11.3 Å². The van der Waals surface area contributed by atoms with Crippen LogP contribution in [0.25, 0.3) is 0 Å². The molecule has 1 aromatic heterocycles. The smallest absolute Gasteiger partial charge is 0.0616 e. The molecular weight excluding hydrogens is 168 g/mol. The van der Waals surface area contributed by atoms with Crippen molar-refractivity contribution in [3.63, 3.8) is 0 Å². The molecule has 2 atom stereocenters. The van der Waals surface area contributed by atoms with Crippen molar-refractivity contribution < 1.29 is 5.11 Å². The van der Waals surface area contributed by atoms with Crippen LogP contribution in [0.5, 0.6) is 0 Å². The lowest BCUT2D eigenvalue weighted by Gasteiger charge is -2.26. The Labute approximate surface area is 77.0 Å². The van der Waals surface area contributed by atoms with Crippen LogP contribution in [0.2, 0.25) is 0 Å². The summed E-state index contributed by atoms with van der Waals surface area (Å²) in [5, 5.41) is 11.8. The van der Waals surface area contributed by atoms with Crippen LogP contribution in [0.1, 0.15) is 36.5 Å². The summed E-state index contributed by atoms with van der Waals surface area (Å²) in [5.41, 5.74) is 0. The number of aliphatic hydroxyl groups is 1. The van der Waals surface area contributed by atoms with Gasteiger partial charge >= 0.3 is 0 Å². The molecule has 1 nitrogen and oxygen atoms in total. The number of hydrogen-bond donors (Lipinski definition) is 1. The maximum atomic E-state index is 9.75. The minimum Gasteiger partial charge on any atom is -0.392 e. The second kappa shape index (κ2) is 3.58. The van der Waals surface area contributed by atoms with E-state index in [1.54, 1.807) is 11.3 Å². The van der Waals surface area contributed by atoms with E-state index in [2.05, 4.69) is 17.5 Å². The van der Waals surface area contributed by atoms with Gasteiger partial charge in [-0.2, -0.15) is 0 Å². The maximum absolute atomic E-state index is 9.75. The molecule has 0 bridgehead atoms. The lowest BCUT2D eigenvalue weighted by atomic mass is 9.86. The topological polar surface area (TPSA) is 20.2 Å². The third-order valence-corrected chi connectivity index (χ3v) is 3.64. The van der Waals surface area contributed by atoms with Crippen molar-refractivity contribution in [3.8, 4) is 0 Å². The highest BCUT2D eigenvalue weighted by Gasteiger charge is 2.24. The summed E-state index contributed by atoms with van der Waals surface area (Å²) in [6, 6.07) is 4.21. The monoisotopic (exact) mass is 182 g/mol. The van der Waals surface area contributed by atoms with Gasteiger partial charge < -0.3 is 5.11 Å². The molecule has 0 aromatic carbocycles. The minimum absolute atomic E-state index is 0.0857. The van der Waals surface area contributed by atoms with Crippen LogP contribution in [0.4, 0.5) is 0 Å². The van der Waals surface area contributed by atoms with Crippen molar-refractivity contribution in [1.82, 2.24) is 0 Å². The number of hydrogen-bond acceptors (Lipinski definition) is 2. The molecule has 0 unspecified atom stereocenters. The summed E-state index contributed by atoms with van der Waals surface area (Å²) in [6.07, 6.45) is 4.55. The van der Waals surface area contributed by atoms with Gasteiger partial charge in [0.15, 0.2) is 0 Å². The molecule has 0 spiro atoms. The van der Waals surface area contributed by atoms with E-state index in [9.17, 15) is 5.11 Å². The molecule has 1 N–H and O–H groups in total. The fourth-order valence-electron chi connectivity index (χ4n) is 1.95. The van der Waals surface area contributed by atoms with Crippen LogP contribution < -0.4 is 0 Å². The van der Waals surface area contributed by atoms with Gasteiger partial charge in [-0.1, -0.05) is 18.9 Å². The molecule has 2 rings (SSSR count). The van der Waals surface area contributed by atoms with Crippen LogP contribution in [0.15, 0.2) is 17.5 Å². The van der Waals surface area contributed by atoms with Crippen molar-refractivity contribution in [3.05, 3.63) is 22.4 Å². The fraction of sp³-hybridized carbons (Fsp3) is 0.600. The Kier molecular flexibility index (Phi) is 2.47. The number of thiophene rings is 1. The maximum Gasteiger partial charge on any atom is 0.0616 e. The molecule has 1 heterocycles. The predicted molar refractivity (Wildman–Crippen MR) is 51.5 cm³/mol. The molecule has 0 aliphatic heterocycles. The minimum atomic E-state index is -0.0857. The zero-order chi connectivity index (χ0) is 8.39. The van der Waals surface area contributed by atoms with E-state index < -0.39 is 0 Å². The molecule has 1 aliphatic rings. The van der Waals surface area contributed by atoms with Crippen LogP contribution in [0.3, 0.4) is 0 Å². The summed E-state index contributed by atoms with van der Waals surface area (Å²) in [4.78, 5) is 1.36. The Hall–Kier alpha value is -0.340. The van der Waals surface area contributed by atoms with Crippen molar-refractivity contribution in [2.75, 3.05) is 0 Å². The molecule has 2 heteroatoms. The molecule has 1 aliphatic carbocycles. The lowest BCUT2D eigenvalue weighted by Crippen LogP contribution is -2.21. The van der Waals surface area contributed by atoms with Crippen LogP contribution in [0, 0.1) is 0 Å². The van der Waals surface area contributed by atoms with Crippen LogP contribution in [-0.2, 0) is 0 Å². The molecule has 1 saturated carbocycles. The van der Waals surface area contributed by atoms with Gasteiger partial charge in [0.05, 0.1) is 6.10 Å². The molecule has 1 fully saturated rings. The van der Waals surface area contributed by atoms with Gasteiger partial charge in [-0.05, 0) is 24.3 Å². The zero-order valence-electron chi connectivity index (χ0n) is 7.07. The van der Waals surface area contributed by atoms with Crippen molar-refractivity contribution in [2.45, 2.75) is 37.7 Å². The molecule has 0 radical (unpaired) electrons. The first kappa shape index (κ1) is 8.27. The third kappa shape index (κ3) is 1.54. The first-order valence-electron chi connectivity index (χ1n) is 4.59. The summed E-state index contributed by atoms with van der Waals surface area (Å²) in [5.74, 6) is 0.429. The largest absolute Gasteiger partial charge is 0.392 e. The molecule has 12 heavy (non-hydrogen) atoms. The lowest BCUT2D eigenvalue weighted by molar-refractivity contribution is 0.107. The summed E-state index contributed by atoms with van der Waals surface area (Å²) >= 11 is 1.77. The van der Waals surface area contributed by atoms with Gasteiger partial charge in [0.25, 0.3) is 0 Å². The van der Waals surface area contributed by atoms with Gasteiger partial charge in [0.1, 0.15) is 0 Å². The summed E-state index contributed by atoms with van der Waals surface area (Å²) in [6.45, 7) is 0. The van der Waals surface area contributed by atoms with E-state index in [0.717, 1.165) is 6.42 Å². The Morgan fingerprint density at radius 3 is 2.83 bits per heavy atom. The average molecular weight is 182 g/mol. The van der Waals surface area contributed by atoms with E-state index in [4.69, 9.17) is 0 Å². The first-order chi connectivity index (χ1) is 5.88. The second-order valence-electron chi connectivity index (χ2n) is 3.47. The Balaban J connectivity index is 2.11. The van der Waals surface area contributed by atoms with E-state index in [-0.39, 0.29) is 6.10 Å². The average Bonchev–Trinajstić information content (AvgIpc) is 2.57. The highest BCUT2D eigenvalue weighted by atomic mass is 32.1.